The molecule has 2 aliphatic rings. The number of epoxide rings is 1. The first-order valence-corrected chi connectivity index (χ1v) is 11.7. The molecule has 33 heavy (non-hydrogen) atoms. The zero-order valence-electron chi connectivity index (χ0n) is 18.7. The van der Waals surface area contributed by atoms with Gasteiger partial charge in [-0.25, -0.2) is 13.2 Å². The van der Waals surface area contributed by atoms with Crippen molar-refractivity contribution in [2.45, 2.75) is 45.1 Å². The summed E-state index contributed by atoms with van der Waals surface area (Å²) in [6.45, 7) is 2.64. The second-order valence-corrected chi connectivity index (χ2v) is 9.08. The van der Waals surface area contributed by atoms with E-state index in [9.17, 15) is 8.78 Å². The lowest BCUT2D eigenvalue weighted by atomic mass is 9.84. The highest BCUT2D eigenvalue weighted by Crippen LogP contribution is 2.37. The summed E-state index contributed by atoms with van der Waals surface area (Å²) in [4.78, 5) is 0. The van der Waals surface area contributed by atoms with Gasteiger partial charge in [0.05, 0.1) is 6.61 Å². The van der Waals surface area contributed by atoms with E-state index in [0.29, 0.717) is 23.3 Å². The first-order chi connectivity index (χ1) is 16.0. The smallest absolute Gasteiger partial charge is 0.167 e. The Balaban J connectivity index is 1.36. The van der Waals surface area contributed by atoms with Crippen LogP contribution in [0.1, 0.15) is 56.3 Å². The maximum Gasteiger partial charge on any atom is 0.167 e. The number of rotatable bonds is 6. The summed E-state index contributed by atoms with van der Waals surface area (Å²) in [5, 5.41) is 0. The normalized spacial score (nSPS) is 19.9. The number of allylic oxidation sites excluding steroid dienone is 2. The Morgan fingerprint density at radius 1 is 0.848 bits per heavy atom. The van der Waals surface area contributed by atoms with Gasteiger partial charge in [-0.15, -0.1) is 0 Å². The van der Waals surface area contributed by atoms with E-state index in [-0.39, 0.29) is 23.0 Å². The molecule has 0 spiro atoms. The quantitative estimate of drug-likeness (QED) is 0.344. The lowest BCUT2D eigenvalue weighted by Crippen LogP contribution is -2.05. The Labute approximate surface area is 192 Å². The van der Waals surface area contributed by atoms with E-state index in [1.165, 1.54) is 18.4 Å². The summed E-state index contributed by atoms with van der Waals surface area (Å²) in [6, 6.07) is 15.4. The van der Waals surface area contributed by atoms with Crippen molar-refractivity contribution in [2.75, 3.05) is 6.61 Å². The zero-order chi connectivity index (χ0) is 22.9. The average Bonchev–Trinajstić information content (AvgIpc) is 3.67. The molecule has 0 radical (unpaired) electrons. The van der Waals surface area contributed by atoms with Crippen molar-refractivity contribution in [2.24, 2.45) is 5.92 Å². The van der Waals surface area contributed by atoms with Crippen molar-refractivity contribution < 1.29 is 17.9 Å². The molecular formula is C29H27F3O. The van der Waals surface area contributed by atoms with E-state index in [2.05, 4.69) is 13.0 Å². The lowest BCUT2D eigenvalue weighted by molar-refractivity contribution is 0.401. The monoisotopic (exact) mass is 448 g/mol. The van der Waals surface area contributed by atoms with Crippen molar-refractivity contribution in [1.82, 2.24) is 0 Å². The fourth-order valence-corrected chi connectivity index (χ4v) is 4.86. The maximum atomic E-state index is 15.0. The summed E-state index contributed by atoms with van der Waals surface area (Å²) in [6.07, 6.45) is 7.61. The van der Waals surface area contributed by atoms with Crippen LogP contribution < -0.4 is 0 Å². The van der Waals surface area contributed by atoms with Crippen LogP contribution in [-0.2, 0) is 4.74 Å². The van der Waals surface area contributed by atoms with Crippen LogP contribution in [0.4, 0.5) is 13.2 Å². The molecule has 4 heteroatoms. The molecule has 1 heterocycles. The van der Waals surface area contributed by atoms with Crippen LogP contribution in [0.25, 0.3) is 27.8 Å². The third-order valence-corrected chi connectivity index (χ3v) is 6.86. The summed E-state index contributed by atoms with van der Waals surface area (Å²) >= 11 is 0. The SMILES string of the molecule is CCCC1CC=C(c2ccc(-c3ccc(-c4ccc(C5CO5)c(F)c4F)cc3)c(F)c2)CC1. The average molecular weight is 449 g/mol. The molecule has 1 fully saturated rings. The molecule has 3 aromatic rings. The van der Waals surface area contributed by atoms with Crippen LogP contribution in [0.3, 0.4) is 0 Å². The minimum absolute atomic E-state index is 0.185. The molecule has 0 bridgehead atoms. The molecule has 0 aromatic heterocycles. The second kappa shape index (κ2) is 9.18. The number of hydrogen-bond acceptors (Lipinski definition) is 1. The fraction of sp³-hybridized carbons (Fsp3) is 0.310. The highest BCUT2D eigenvalue weighted by molar-refractivity contribution is 5.74. The van der Waals surface area contributed by atoms with Crippen molar-refractivity contribution in [3.05, 3.63) is 89.3 Å². The molecule has 1 saturated heterocycles. The highest BCUT2D eigenvalue weighted by Gasteiger charge is 2.30. The molecule has 1 aliphatic carbocycles. The van der Waals surface area contributed by atoms with Gasteiger partial charge < -0.3 is 4.74 Å². The first-order valence-electron chi connectivity index (χ1n) is 11.7. The Morgan fingerprint density at radius 3 is 2.12 bits per heavy atom. The molecule has 0 N–H and O–H groups in total. The van der Waals surface area contributed by atoms with E-state index in [4.69, 9.17) is 4.74 Å². The number of halogens is 3. The van der Waals surface area contributed by atoms with Gasteiger partial charge in [-0.05, 0) is 53.5 Å². The molecule has 1 aliphatic heterocycles. The molecule has 2 unspecified atom stereocenters. The Morgan fingerprint density at radius 2 is 1.52 bits per heavy atom. The van der Waals surface area contributed by atoms with Gasteiger partial charge in [0.2, 0.25) is 0 Å². The molecule has 3 aromatic carbocycles. The Kier molecular flexibility index (Phi) is 6.11. The van der Waals surface area contributed by atoms with Crippen LogP contribution in [0.5, 0.6) is 0 Å². The highest BCUT2D eigenvalue weighted by atomic mass is 19.2. The fourth-order valence-electron chi connectivity index (χ4n) is 4.86. The predicted octanol–water partition coefficient (Wildman–Crippen LogP) is 8.49. The second-order valence-electron chi connectivity index (χ2n) is 9.08. The standard InChI is InChI=1S/C29H27F3O/c1-2-3-18-4-6-19(7-5-18)22-12-13-23(26(30)16-22)20-8-10-21(11-9-20)24-14-15-25(27-17-33-27)29(32)28(24)31/h6,8-16,18,27H,2-5,7,17H2,1H3. The largest absolute Gasteiger partial charge is 0.368 e. The Hall–Kier alpha value is -2.85. The minimum atomic E-state index is -0.881. The van der Waals surface area contributed by atoms with Crippen LogP contribution in [0.15, 0.2) is 60.7 Å². The number of hydrogen-bond donors (Lipinski definition) is 0. The van der Waals surface area contributed by atoms with Crippen LogP contribution in [0.2, 0.25) is 0 Å². The summed E-state index contributed by atoms with van der Waals surface area (Å²) in [7, 11) is 0. The van der Waals surface area contributed by atoms with Crippen LogP contribution >= 0.6 is 0 Å². The summed E-state index contributed by atoms with van der Waals surface area (Å²) in [5.74, 6) is -1.27. The van der Waals surface area contributed by atoms with Crippen molar-refractivity contribution >= 4 is 5.57 Å². The van der Waals surface area contributed by atoms with Crippen molar-refractivity contribution in [3.8, 4) is 22.3 Å². The van der Waals surface area contributed by atoms with Crippen LogP contribution in [-0.4, -0.2) is 6.61 Å². The maximum absolute atomic E-state index is 15.0. The van der Waals surface area contributed by atoms with Gasteiger partial charge in [0, 0.05) is 16.7 Å². The molecule has 5 rings (SSSR count). The molecule has 2 atom stereocenters. The van der Waals surface area contributed by atoms with E-state index < -0.39 is 11.6 Å². The van der Waals surface area contributed by atoms with Gasteiger partial charge in [0.25, 0.3) is 0 Å². The Bertz CT molecular complexity index is 1190. The van der Waals surface area contributed by atoms with E-state index in [0.717, 1.165) is 30.7 Å². The molecule has 170 valence electrons. The molecule has 0 saturated carbocycles. The third kappa shape index (κ3) is 4.49. The molecule has 1 nitrogen and oxygen atoms in total. The van der Waals surface area contributed by atoms with E-state index >= 15 is 4.39 Å². The van der Waals surface area contributed by atoms with E-state index in [1.807, 2.05) is 12.1 Å². The van der Waals surface area contributed by atoms with E-state index in [1.54, 1.807) is 42.5 Å². The summed E-state index contributed by atoms with van der Waals surface area (Å²) < 4.78 is 49.1. The molecule has 0 amide bonds. The van der Waals surface area contributed by atoms with Gasteiger partial charge in [-0.2, -0.15) is 0 Å². The topological polar surface area (TPSA) is 12.5 Å². The van der Waals surface area contributed by atoms with Crippen LogP contribution in [0, 0.1) is 23.4 Å². The zero-order valence-corrected chi connectivity index (χ0v) is 18.7. The minimum Gasteiger partial charge on any atom is -0.368 e. The first kappa shape index (κ1) is 22.0. The third-order valence-electron chi connectivity index (χ3n) is 6.86. The molecular weight excluding hydrogens is 421 g/mol. The van der Waals surface area contributed by atoms with Gasteiger partial charge in [-0.1, -0.05) is 74.4 Å². The van der Waals surface area contributed by atoms with Gasteiger partial charge in [0.1, 0.15) is 11.9 Å². The summed E-state index contributed by atoms with van der Waals surface area (Å²) in [5.41, 5.74) is 4.35. The lowest BCUT2D eigenvalue weighted by Gasteiger charge is -2.22. The predicted molar refractivity (Wildman–Crippen MR) is 126 cm³/mol. The number of ether oxygens (including phenoxy) is 1. The number of benzene rings is 3. The van der Waals surface area contributed by atoms with Crippen molar-refractivity contribution in [1.29, 1.82) is 0 Å². The van der Waals surface area contributed by atoms with Gasteiger partial charge in [0.15, 0.2) is 11.6 Å². The van der Waals surface area contributed by atoms with Gasteiger partial charge >= 0.3 is 0 Å². The van der Waals surface area contributed by atoms with Crippen molar-refractivity contribution in [3.63, 3.8) is 0 Å². The van der Waals surface area contributed by atoms with Gasteiger partial charge in [-0.3, -0.25) is 0 Å².